The Labute approximate surface area is 139 Å². The van der Waals surface area contributed by atoms with Gasteiger partial charge in [-0.15, -0.1) is 0 Å². The SMILES string of the molecule is BO[C@]1(C(=O)OC)C[C@@H](C)[C@@H](C)[C@H]([C@H](C)[C@@H](CC)OC(C)=O)O1. The van der Waals surface area contributed by atoms with Crippen LogP contribution in [0.25, 0.3) is 0 Å². The number of hydrogen-bond donors (Lipinski definition) is 0. The average molecular weight is 328 g/mol. The van der Waals surface area contributed by atoms with Gasteiger partial charge in [-0.2, -0.15) is 0 Å². The van der Waals surface area contributed by atoms with Gasteiger partial charge in [0.1, 0.15) is 6.10 Å². The number of hydrogen-bond acceptors (Lipinski definition) is 6. The fourth-order valence-corrected chi connectivity index (χ4v) is 3.38. The van der Waals surface area contributed by atoms with Crippen LogP contribution in [-0.4, -0.2) is 45.1 Å². The summed E-state index contributed by atoms with van der Waals surface area (Å²) >= 11 is 0. The molecule has 0 saturated carbocycles. The number of carbonyl (C=O) groups excluding carboxylic acids is 2. The molecule has 132 valence electrons. The molecule has 6 atom stereocenters. The maximum Gasteiger partial charge on any atom is 0.365 e. The Bertz CT molecular complexity index is 429. The molecule has 0 aromatic rings. The van der Waals surface area contributed by atoms with Crippen molar-refractivity contribution < 1.29 is 28.5 Å². The van der Waals surface area contributed by atoms with E-state index in [1.165, 1.54) is 22.1 Å². The third kappa shape index (κ3) is 4.26. The van der Waals surface area contributed by atoms with Crippen LogP contribution in [0.4, 0.5) is 0 Å². The molecule has 0 amide bonds. The first kappa shape index (κ1) is 20.0. The minimum absolute atomic E-state index is 0.0687. The summed E-state index contributed by atoms with van der Waals surface area (Å²) in [4.78, 5) is 23.5. The highest BCUT2D eigenvalue weighted by atomic mass is 16.7. The molecule has 0 radical (unpaired) electrons. The quantitative estimate of drug-likeness (QED) is 0.543. The molecule has 0 unspecified atom stereocenters. The lowest BCUT2D eigenvalue weighted by Gasteiger charge is -2.47. The smallest absolute Gasteiger partial charge is 0.365 e. The number of rotatable bonds is 6. The molecule has 0 aliphatic carbocycles. The molecule has 1 saturated heterocycles. The molecule has 6 nitrogen and oxygen atoms in total. The molecule has 1 heterocycles. The van der Waals surface area contributed by atoms with Gasteiger partial charge >= 0.3 is 11.9 Å². The van der Waals surface area contributed by atoms with Gasteiger partial charge in [0.2, 0.25) is 0 Å². The summed E-state index contributed by atoms with van der Waals surface area (Å²) < 4.78 is 21.8. The van der Waals surface area contributed by atoms with E-state index in [1.807, 2.05) is 13.8 Å². The van der Waals surface area contributed by atoms with Gasteiger partial charge in [-0.05, 0) is 18.3 Å². The van der Waals surface area contributed by atoms with Crippen molar-refractivity contribution in [2.45, 2.75) is 65.5 Å². The van der Waals surface area contributed by atoms with Crippen LogP contribution in [0.2, 0.25) is 0 Å². The molecule has 1 fully saturated rings. The van der Waals surface area contributed by atoms with Crippen molar-refractivity contribution in [3.05, 3.63) is 0 Å². The molecule has 1 rings (SSSR count). The van der Waals surface area contributed by atoms with Gasteiger partial charge in [0.25, 0.3) is 13.8 Å². The van der Waals surface area contributed by atoms with Crippen LogP contribution in [0, 0.1) is 17.8 Å². The van der Waals surface area contributed by atoms with E-state index in [4.69, 9.17) is 18.9 Å². The number of carbonyl (C=O) groups is 2. The zero-order chi connectivity index (χ0) is 17.8. The first-order valence-electron chi connectivity index (χ1n) is 8.21. The van der Waals surface area contributed by atoms with Crippen LogP contribution in [-0.2, 0) is 28.5 Å². The lowest BCUT2D eigenvalue weighted by molar-refractivity contribution is -0.276. The van der Waals surface area contributed by atoms with Gasteiger partial charge in [-0.25, -0.2) is 4.79 Å². The highest BCUT2D eigenvalue weighted by Gasteiger charge is 2.52. The van der Waals surface area contributed by atoms with E-state index in [0.717, 1.165) is 0 Å². The van der Waals surface area contributed by atoms with Crippen molar-refractivity contribution >= 4 is 20.0 Å². The molecule has 23 heavy (non-hydrogen) atoms. The van der Waals surface area contributed by atoms with E-state index >= 15 is 0 Å². The highest BCUT2D eigenvalue weighted by Crippen LogP contribution is 2.41. The molecular weight excluding hydrogens is 299 g/mol. The van der Waals surface area contributed by atoms with Gasteiger partial charge in [0.05, 0.1) is 13.2 Å². The predicted molar refractivity (Wildman–Crippen MR) is 87.2 cm³/mol. The van der Waals surface area contributed by atoms with Crippen LogP contribution in [0.15, 0.2) is 0 Å². The van der Waals surface area contributed by atoms with Crippen LogP contribution in [0.5, 0.6) is 0 Å². The Morgan fingerprint density at radius 1 is 1.39 bits per heavy atom. The summed E-state index contributed by atoms with van der Waals surface area (Å²) in [5, 5.41) is 0. The summed E-state index contributed by atoms with van der Waals surface area (Å²) in [5.74, 6) is -1.91. The van der Waals surface area contributed by atoms with E-state index in [1.54, 1.807) is 0 Å². The van der Waals surface area contributed by atoms with E-state index < -0.39 is 11.8 Å². The molecule has 0 bridgehead atoms. The van der Waals surface area contributed by atoms with Gasteiger partial charge < -0.3 is 18.9 Å². The fourth-order valence-electron chi connectivity index (χ4n) is 3.38. The van der Waals surface area contributed by atoms with Gasteiger partial charge in [0, 0.05) is 19.3 Å². The molecule has 7 heteroatoms. The second kappa shape index (κ2) is 8.15. The normalized spacial score (nSPS) is 33.6. The standard InChI is InChI=1S/C16H29BO6/c1-7-13(21-12(5)18)11(4)14-10(3)9(2)8-16(22-14,23-17)15(19)20-6/h9-11,13-14H,7-8,17H2,1-6H3/t9-,10-,11-,13-,14-,16+/m1/s1. The number of ether oxygens (including phenoxy) is 3. The molecule has 0 spiro atoms. The van der Waals surface area contributed by atoms with Crippen LogP contribution in [0.1, 0.15) is 47.5 Å². The third-order valence-corrected chi connectivity index (χ3v) is 4.98. The molecule has 0 aromatic heterocycles. The molecule has 0 aromatic carbocycles. The second-order valence-corrected chi connectivity index (χ2v) is 6.49. The number of methoxy groups -OCH3 is 1. The van der Waals surface area contributed by atoms with Crippen molar-refractivity contribution in [3.63, 3.8) is 0 Å². The predicted octanol–water partition coefficient (Wildman–Crippen LogP) is 1.46. The first-order valence-corrected chi connectivity index (χ1v) is 8.21. The molecular formula is C16H29BO6. The minimum atomic E-state index is -1.39. The Morgan fingerprint density at radius 2 is 2.00 bits per heavy atom. The summed E-state index contributed by atoms with van der Waals surface area (Å²) in [5.41, 5.74) is 0. The monoisotopic (exact) mass is 328 g/mol. The number of esters is 2. The van der Waals surface area contributed by atoms with Crippen LogP contribution >= 0.6 is 0 Å². The van der Waals surface area contributed by atoms with Crippen LogP contribution in [0.3, 0.4) is 0 Å². The maximum atomic E-state index is 12.2. The Kier molecular flexibility index (Phi) is 7.08. The Hall–Kier alpha value is -1.08. The minimum Gasteiger partial charge on any atom is -0.465 e. The van der Waals surface area contributed by atoms with Gasteiger partial charge in [0.15, 0.2) is 0 Å². The molecule has 1 aliphatic heterocycles. The zero-order valence-corrected chi connectivity index (χ0v) is 15.3. The Balaban J connectivity index is 3.06. The fraction of sp³-hybridized carbons (Fsp3) is 0.875. The lowest BCUT2D eigenvalue weighted by Crippen LogP contribution is -2.57. The summed E-state index contributed by atoms with van der Waals surface area (Å²) in [6.07, 6.45) is 0.574. The average Bonchev–Trinajstić information content (AvgIpc) is 2.53. The topological polar surface area (TPSA) is 71.1 Å². The molecule has 1 aliphatic rings. The van der Waals surface area contributed by atoms with Crippen molar-refractivity contribution in [2.75, 3.05) is 7.11 Å². The lowest BCUT2D eigenvalue weighted by atomic mass is 9.76. The Morgan fingerprint density at radius 3 is 2.43 bits per heavy atom. The van der Waals surface area contributed by atoms with Gasteiger partial charge in [-0.3, -0.25) is 4.79 Å². The highest BCUT2D eigenvalue weighted by molar-refractivity contribution is 6.00. The van der Waals surface area contributed by atoms with Crippen molar-refractivity contribution in [2.24, 2.45) is 17.8 Å². The van der Waals surface area contributed by atoms with Crippen LogP contribution < -0.4 is 0 Å². The zero-order valence-electron chi connectivity index (χ0n) is 15.3. The van der Waals surface area contributed by atoms with E-state index in [2.05, 4.69) is 13.8 Å². The van der Waals surface area contributed by atoms with E-state index in [-0.39, 0.29) is 35.9 Å². The summed E-state index contributed by atoms with van der Waals surface area (Å²) in [6, 6.07) is 0. The molecule has 0 N–H and O–H groups in total. The van der Waals surface area contributed by atoms with Crippen molar-refractivity contribution in [1.29, 1.82) is 0 Å². The second-order valence-electron chi connectivity index (χ2n) is 6.49. The van der Waals surface area contributed by atoms with Crippen molar-refractivity contribution in [3.8, 4) is 0 Å². The van der Waals surface area contributed by atoms with Gasteiger partial charge in [-0.1, -0.05) is 27.7 Å². The summed E-state index contributed by atoms with van der Waals surface area (Å²) in [6.45, 7) is 9.50. The summed E-state index contributed by atoms with van der Waals surface area (Å²) in [7, 11) is 2.77. The van der Waals surface area contributed by atoms with Crippen molar-refractivity contribution in [1.82, 2.24) is 0 Å². The van der Waals surface area contributed by atoms with E-state index in [0.29, 0.717) is 12.8 Å². The maximum absolute atomic E-state index is 12.2. The largest absolute Gasteiger partial charge is 0.465 e. The van der Waals surface area contributed by atoms with E-state index in [9.17, 15) is 9.59 Å². The first-order chi connectivity index (χ1) is 10.7. The third-order valence-electron chi connectivity index (χ3n) is 4.98.